The summed E-state index contributed by atoms with van der Waals surface area (Å²) in [7, 11) is 0. The van der Waals surface area contributed by atoms with Gasteiger partial charge in [0.1, 0.15) is 5.60 Å². The highest BCUT2D eigenvalue weighted by molar-refractivity contribution is 8.00. The van der Waals surface area contributed by atoms with E-state index in [4.69, 9.17) is 4.74 Å². The monoisotopic (exact) mass is 314 g/mol. The number of carbonyl (C=O) groups excluding carboxylic acids is 1. The summed E-state index contributed by atoms with van der Waals surface area (Å²) >= 11 is 2.08. The smallest absolute Gasteiger partial charge is 0.410 e. The van der Waals surface area contributed by atoms with E-state index in [1.54, 1.807) is 0 Å². The lowest BCUT2D eigenvalue weighted by atomic mass is 10.0. The van der Waals surface area contributed by atoms with Crippen LogP contribution in [-0.4, -0.2) is 52.8 Å². The van der Waals surface area contributed by atoms with Gasteiger partial charge in [-0.05, 0) is 59.1 Å². The first-order chi connectivity index (χ1) is 9.77. The van der Waals surface area contributed by atoms with Crippen LogP contribution in [-0.2, 0) is 4.74 Å². The van der Waals surface area contributed by atoms with Gasteiger partial charge in [0, 0.05) is 30.4 Å². The standard InChI is InChI=1S/C16H30N2O2S/c1-15(2,3)20-14(19)18-9-5-7-13(11-18)17-12-16(4)8-6-10-21-16/h13,17H,5-12H2,1-4H3. The van der Waals surface area contributed by atoms with Gasteiger partial charge in [0.25, 0.3) is 0 Å². The van der Waals surface area contributed by atoms with E-state index < -0.39 is 5.60 Å². The van der Waals surface area contributed by atoms with Crippen LogP contribution in [0.1, 0.15) is 53.4 Å². The SMILES string of the molecule is CC(C)(C)OC(=O)N1CCCC(NCC2(C)CCCS2)C1. The minimum absolute atomic E-state index is 0.171. The summed E-state index contributed by atoms with van der Waals surface area (Å²) in [6.07, 6.45) is 4.67. The van der Waals surface area contributed by atoms with Crippen molar-refractivity contribution in [1.29, 1.82) is 0 Å². The summed E-state index contributed by atoms with van der Waals surface area (Å²) in [5.41, 5.74) is -0.411. The van der Waals surface area contributed by atoms with Crippen molar-refractivity contribution in [3.8, 4) is 0 Å². The lowest BCUT2D eigenvalue weighted by molar-refractivity contribution is 0.0187. The van der Waals surface area contributed by atoms with Crippen molar-refractivity contribution in [3.05, 3.63) is 0 Å². The maximum atomic E-state index is 12.2. The summed E-state index contributed by atoms with van der Waals surface area (Å²) in [6, 6.07) is 0.407. The first kappa shape index (κ1) is 16.9. The zero-order valence-electron chi connectivity index (χ0n) is 13.9. The minimum Gasteiger partial charge on any atom is -0.444 e. The summed E-state index contributed by atoms with van der Waals surface area (Å²) in [6.45, 7) is 10.7. The molecule has 0 radical (unpaired) electrons. The molecule has 2 rings (SSSR count). The van der Waals surface area contributed by atoms with Gasteiger partial charge in [-0.15, -0.1) is 0 Å². The first-order valence-corrected chi connectivity index (χ1v) is 9.11. The number of likely N-dealkylation sites (tertiary alicyclic amines) is 1. The van der Waals surface area contributed by atoms with Crippen molar-refractivity contribution < 1.29 is 9.53 Å². The molecule has 0 saturated carbocycles. The third-order valence-electron chi connectivity index (χ3n) is 4.14. The molecule has 0 bridgehead atoms. The maximum absolute atomic E-state index is 12.2. The average Bonchev–Trinajstić information content (AvgIpc) is 2.82. The van der Waals surface area contributed by atoms with Gasteiger partial charge >= 0.3 is 6.09 Å². The van der Waals surface area contributed by atoms with Crippen LogP contribution in [0.5, 0.6) is 0 Å². The number of carbonyl (C=O) groups is 1. The summed E-state index contributed by atoms with van der Waals surface area (Å²) in [5, 5.41) is 3.68. The third kappa shape index (κ3) is 5.37. The first-order valence-electron chi connectivity index (χ1n) is 8.13. The number of rotatable bonds is 3. The Morgan fingerprint density at radius 1 is 1.43 bits per heavy atom. The van der Waals surface area contributed by atoms with Crippen LogP contribution in [0.2, 0.25) is 0 Å². The Hall–Kier alpha value is -0.420. The lowest BCUT2D eigenvalue weighted by Gasteiger charge is -2.36. The van der Waals surface area contributed by atoms with E-state index in [2.05, 4.69) is 24.0 Å². The van der Waals surface area contributed by atoms with E-state index in [9.17, 15) is 4.79 Å². The number of hydrogen-bond donors (Lipinski definition) is 1. The van der Waals surface area contributed by atoms with E-state index >= 15 is 0 Å². The molecule has 2 aliphatic rings. The molecule has 1 N–H and O–H groups in total. The van der Waals surface area contributed by atoms with Gasteiger partial charge < -0.3 is 15.0 Å². The number of thioether (sulfide) groups is 1. The second kappa shape index (κ2) is 6.78. The molecular formula is C16H30N2O2S. The van der Waals surface area contributed by atoms with Gasteiger partial charge in [-0.1, -0.05) is 0 Å². The Balaban J connectivity index is 1.79. The van der Waals surface area contributed by atoms with Crippen molar-refractivity contribution in [2.75, 3.05) is 25.4 Å². The Labute approximate surface area is 133 Å². The Kier molecular flexibility index (Phi) is 5.47. The molecule has 2 atom stereocenters. The fraction of sp³-hybridized carbons (Fsp3) is 0.938. The van der Waals surface area contributed by atoms with Crippen LogP contribution < -0.4 is 5.32 Å². The second-order valence-corrected chi connectivity index (χ2v) is 9.23. The van der Waals surface area contributed by atoms with Crippen molar-refractivity contribution in [1.82, 2.24) is 10.2 Å². The molecule has 1 amide bonds. The Morgan fingerprint density at radius 3 is 2.81 bits per heavy atom. The fourth-order valence-corrected chi connectivity index (χ4v) is 4.23. The molecule has 2 aliphatic heterocycles. The molecule has 0 aromatic heterocycles. The zero-order chi connectivity index (χ0) is 15.5. The molecule has 0 aromatic rings. The van der Waals surface area contributed by atoms with E-state index in [0.29, 0.717) is 10.8 Å². The van der Waals surface area contributed by atoms with Crippen molar-refractivity contribution in [2.24, 2.45) is 0 Å². The molecule has 2 fully saturated rings. The molecule has 2 heterocycles. The highest BCUT2D eigenvalue weighted by Gasteiger charge is 2.32. The molecule has 122 valence electrons. The summed E-state index contributed by atoms with van der Waals surface area (Å²) in [4.78, 5) is 14.0. The molecule has 2 saturated heterocycles. The highest BCUT2D eigenvalue weighted by Crippen LogP contribution is 2.37. The fourth-order valence-electron chi connectivity index (χ4n) is 2.97. The topological polar surface area (TPSA) is 41.6 Å². The van der Waals surface area contributed by atoms with Crippen molar-refractivity contribution >= 4 is 17.9 Å². The van der Waals surface area contributed by atoms with Crippen LogP contribution in [0, 0.1) is 0 Å². The second-order valence-electron chi connectivity index (χ2n) is 7.55. The number of ether oxygens (including phenoxy) is 1. The molecule has 0 aliphatic carbocycles. The number of nitrogens with one attached hydrogen (secondary N) is 1. The molecular weight excluding hydrogens is 284 g/mol. The molecule has 21 heavy (non-hydrogen) atoms. The largest absolute Gasteiger partial charge is 0.444 e. The van der Waals surface area contributed by atoms with E-state index in [1.807, 2.05) is 25.7 Å². The molecule has 5 heteroatoms. The molecule has 0 spiro atoms. The normalized spacial score (nSPS) is 30.5. The van der Waals surface area contributed by atoms with Crippen LogP contribution in [0.4, 0.5) is 4.79 Å². The van der Waals surface area contributed by atoms with Gasteiger partial charge in [0.15, 0.2) is 0 Å². The zero-order valence-corrected chi connectivity index (χ0v) is 14.7. The lowest BCUT2D eigenvalue weighted by Crippen LogP contribution is -2.51. The summed E-state index contributed by atoms with van der Waals surface area (Å²) in [5.74, 6) is 1.28. The number of nitrogens with zero attached hydrogens (tertiary/aromatic N) is 1. The van der Waals surface area contributed by atoms with Crippen LogP contribution >= 0.6 is 11.8 Å². The van der Waals surface area contributed by atoms with E-state index in [0.717, 1.165) is 32.5 Å². The van der Waals surface area contributed by atoms with Gasteiger partial charge in [-0.25, -0.2) is 4.79 Å². The summed E-state index contributed by atoms with van der Waals surface area (Å²) < 4.78 is 5.86. The minimum atomic E-state index is -0.411. The highest BCUT2D eigenvalue weighted by atomic mass is 32.2. The number of hydrogen-bond acceptors (Lipinski definition) is 4. The predicted octanol–water partition coefficient (Wildman–Crippen LogP) is 3.26. The van der Waals surface area contributed by atoms with Gasteiger partial charge in [0.2, 0.25) is 0 Å². The Bertz CT molecular complexity index is 362. The van der Waals surface area contributed by atoms with Gasteiger partial charge in [-0.2, -0.15) is 11.8 Å². The predicted molar refractivity (Wildman–Crippen MR) is 88.9 cm³/mol. The number of amides is 1. The van der Waals surface area contributed by atoms with E-state index in [-0.39, 0.29) is 6.09 Å². The van der Waals surface area contributed by atoms with Crippen LogP contribution in [0.3, 0.4) is 0 Å². The van der Waals surface area contributed by atoms with Crippen molar-refractivity contribution in [2.45, 2.75) is 69.8 Å². The quantitative estimate of drug-likeness (QED) is 0.868. The number of piperidine rings is 1. The van der Waals surface area contributed by atoms with E-state index in [1.165, 1.54) is 18.6 Å². The van der Waals surface area contributed by atoms with Crippen molar-refractivity contribution in [3.63, 3.8) is 0 Å². The molecule has 0 aromatic carbocycles. The molecule has 2 unspecified atom stereocenters. The Morgan fingerprint density at radius 2 is 2.19 bits per heavy atom. The average molecular weight is 314 g/mol. The van der Waals surface area contributed by atoms with Gasteiger partial charge in [0.05, 0.1) is 0 Å². The maximum Gasteiger partial charge on any atom is 0.410 e. The van der Waals surface area contributed by atoms with Crippen LogP contribution in [0.15, 0.2) is 0 Å². The third-order valence-corrected chi connectivity index (χ3v) is 5.68. The van der Waals surface area contributed by atoms with Crippen LogP contribution in [0.25, 0.3) is 0 Å². The molecule has 4 nitrogen and oxygen atoms in total. The van der Waals surface area contributed by atoms with Gasteiger partial charge in [-0.3, -0.25) is 0 Å².